The number of fused-ring (bicyclic) bond motifs is 2. The minimum absolute atomic E-state index is 0.676. The Hall–Kier alpha value is -1.30. The highest BCUT2D eigenvalue weighted by atomic mass is 14.2. The van der Waals surface area contributed by atoms with E-state index in [4.69, 9.17) is 0 Å². The Labute approximate surface area is 85.0 Å². The van der Waals surface area contributed by atoms with E-state index in [1.165, 1.54) is 29.6 Å². The third-order valence-corrected chi connectivity index (χ3v) is 3.19. The van der Waals surface area contributed by atoms with Crippen LogP contribution in [0.15, 0.2) is 59.3 Å². The molecule has 0 heteroatoms. The Morgan fingerprint density at radius 1 is 1.07 bits per heavy atom. The molecule has 3 aliphatic rings. The van der Waals surface area contributed by atoms with Crippen molar-refractivity contribution in [3.05, 3.63) is 59.3 Å². The summed E-state index contributed by atoms with van der Waals surface area (Å²) < 4.78 is 0. The maximum absolute atomic E-state index is 2.43. The van der Waals surface area contributed by atoms with E-state index in [0.717, 1.165) is 6.42 Å². The molecule has 0 saturated carbocycles. The van der Waals surface area contributed by atoms with Crippen LogP contribution in [0.3, 0.4) is 0 Å². The van der Waals surface area contributed by atoms with Gasteiger partial charge in [-0.15, -0.1) is 0 Å². The lowest BCUT2D eigenvalue weighted by Gasteiger charge is -2.25. The number of hydrogen-bond donors (Lipinski definition) is 0. The molecule has 0 aromatic carbocycles. The van der Waals surface area contributed by atoms with Crippen LogP contribution in [0.2, 0.25) is 0 Å². The molecule has 0 bridgehead atoms. The third kappa shape index (κ3) is 1.22. The van der Waals surface area contributed by atoms with Crippen molar-refractivity contribution < 1.29 is 0 Å². The zero-order chi connectivity index (χ0) is 9.38. The van der Waals surface area contributed by atoms with Crippen molar-refractivity contribution in [3.8, 4) is 0 Å². The lowest BCUT2D eigenvalue weighted by molar-refractivity contribution is 0.669. The molecule has 0 heterocycles. The van der Waals surface area contributed by atoms with Gasteiger partial charge in [-0.3, -0.25) is 0 Å². The molecule has 3 aliphatic carbocycles. The second kappa shape index (κ2) is 3.13. The fourth-order valence-electron chi connectivity index (χ4n) is 2.41. The van der Waals surface area contributed by atoms with Crippen LogP contribution in [0, 0.1) is 5.92 Å². The summed E-state index contributed by atoms with van der Waals surface area (Å²) in [7, 11) is 0. The number of hydrogen-bond acceptors (Lipinski definition) is 0. The number of rotatable bonds is 0. The van der Waals surface area contributed by atoms with E-state index in [1.54, 1.807) is 0 Å². The Balaban J connectivity index is 2.05. The van der Waals surface area contributed by atoms with Gasteiger partial charge in [-0.25, -0.2) is 0 Å². The third-order valence-electron chi connectivity index (χ3n) is 3.19. The van der Waals surface area contributed by atoms with Gasteiger partial charge in [-0.1, -0.05) is 42.5 Å². The summed E-state index contributed by atoms with van der Waals surface area (Å²) in [5, 5.41) is 0. The standard InChI is InChI=1S/C14H14/c1-2-6-12-10-14-8-4-3-7-13(14)9-11(12)5-1/h1,4-6,8-10,13H,2-3,7H2. The molecule has 1 unspecified atom stereocenters. The summed E-state index contributed by atoms with van der Waals surface area (Å²) in [5.41, 5.74) is 4.35. The average Bonchev–Trinajstić information content (AvgIpc) is 2.26. The van der Waals surface area contributed by atoms with E-state index < -0.39 is 0 Å². The van der Waals surface area contributed by atoms with E-state index in [9.17, 15) is 0 Å². The smallest absolute Gasteiger partial charge is 0.00302 e. The fraction of sp³-hybridized carbons (Fsp3) is 0.286. The highest BCUT2D eigenvalue weighted by Gasteiger charge is 2.19. The van der Waals surface area contributed by atoms with Crippen LogP contribution in [-0.2, 0) is 0 Å². The molecule has 0 saturated heterocycles. The Morgan fingerprint density at radius 3 is 3.07 bits per heavy atom. The van der Waals surface area contributed by atoms with Gasteiger partial charge in [0.1, 0.15) is 0 Å². The van der Waals surface area contributed by atoms with Crippen molar-refractivity contribution in [2.24, 2.45) is 5.92 Å². The molecular weight excluding hydrogens is 168 g/mol. The summed E-state index contributed by atoms with van der Waals surface area (Å²) in [6, 6.07) is 0. The number of allylic oxidation sites excluding steroid dienone is 10. The average molecular weight is 182 g/mol. The molecule has 0 spiro atoms. The van der Waals surface area contributed by atoms with Crippen molar-refractivity contribution in [1.29, 1.82) is 0 Å². The fourth-order valence-corrected chi connectivity index (χ4v) is 2.41. The molecule has 0 aromatic rings. The largest absolute Gasteiger partial charge is 0.0842 e. The SMILES string of the molecule is C1=CC2=CC3CCC=CC3=CC2=CC1. The maximum Gasteiger partial charge on any atom is 0.00302 e. The summed E-state index contributed by atoms with van der Waals surface area (Å²) in [6.45, 7) is 0. The van der Waals surface area contributed by atoms with Crippen LogP contribution < -0.4 is 0 Å². The van der Waals surface area contributed by atoms with Gasteiger partial charge in [0.2, 0.25) is 0 Å². The van der Waals surface area contributed by atoms with E-state index in [2.05, 4.69) is 42.5 Å². The van der Waals surface area contributed by atoms with E-state index in [-0.39, 0.29) is 0 Å². The van der Waals surface area contributed by atoms with Crippen molar-refractivity contribution in [2.45, 2.75) is 19.3 Å². The summed E-state index contributed by atoms with van der Waals surface area (Å²) in [6.07, 6.45) is 19.8. The van der Waals surface area contributed by atoms with E-state index >= 15 is 0 Å². The van der Waals surface area contributed by atoms with Crippen LogP contribution in [0.5, 0.6) is 0 Å². The van der Waals surface area contributed by atoms with Gasteiger partial charge in [-0.05, 0) is 36.0 Å². The van der Waals surface area contributed by atoms with E-state index in [0.29, 0.717) is 5.92 Å². The van der Waals surface area contributed by atoms with Crippen LogP contribution in [-0.4, -0.2) is 0 Å². The topological polar surface area (TPSA) is 0 Å². The predicted molar refractivity (Wildman–Crippen MR) is 59.9 cm³/mol. The summed E-state index contributed by atoms with van der Waals surface area (Å²) in [5.74, 6) is 0.676. The van der Waals surface area contributed by atoms with Crippen LogP contribution >= 0.6 is 0 Å². The highest BCUT2D eigenvalue weighted by Crippen LogP contribution is 2.35. The van der Waals surface area contributed by atoms with Crippen LogP contribution in [0.4, 0.5) is 0 Å². The normalized spacial score (nSPS) is 28.6. The summed E-state index contributed by atoms with van der Waals surface area (Å²) >= 11 is 0. The predicted octanol–water partition coefficient (Wildman–Crippen LogP) is 3.71. The van der Waals surface area contributed by atoms with Gasteiger partial charge >= 0.3 is 0 Å². The Kier molecular flexibility index (Phi) is 1.80. The molecule has 0 aliphatic heterocycles. The van der Waals surface area contributed by atoms with Crippen molar-refractivity contribution in [2.75, 3.05) is 0 Å². The van der Waals surface area contributed by atoms with Crippen molar-refractivity contribution >= 4 is 0 Å². The van der Waals surface area contributed by atoms with E-state index in [1.807, 2.05) is 0 Å². The van der Waals surface area contributed by atoms with Gasteiger partial charge < -0.3 is 0 Å². The molecule has 0 nitrogen and oxygen atoms in total. The molecule has 0 aromatic heterocycles. The first-order valence-electron chi connectivity index (χ1n) is 5.40. The second-order valence-electron chi connectivity index (χ2n) is 4.15. The van der Waals surface area contributed by atoms with Gasteiger partial charge in [0.15, 0.2) is 0 Å². The highest BCUT2D eigenvalue weighted by molar-refractivity contribution is 5.56. The van der Waals surface area contributed by atoms with Gasteiger partial charge in [-0.2, -0.15) is 0 Å². The van der Waals surface area contributed by atoms with Crippen LogP contribution in [0.1, 0.15) is 19.3 Å². The molecule has 0 N–H and O–H groups in total. The second-order valence-corrected chi connectivity index (χ2v) is 4.15. The molecule has 0 radical (unpaired) electrons. The lowest BCUT2D eigenvalue weighted by atomic mass is 9.80. The minimum Gasteiger partial charge on any atom is -0.0842 e. The Bertz CT molecular complexity index is 400. The zero-order valence-corrected chi connectivity index (χ0v) is 8.24. The first-order chi connectivity index (χ1) is 6.93. The van der Waals surface area contributed by atoms with Crippen molar-refractivity contribution in [3.63, 3.8) is 0 Å². The molecule has 70 valence electrons. The minimum atomic E-state index is 0.676. The zero-order valence-electron chi connectivity index (χ0n) is 8.24. The monoisotopic (exact) mass is 182 g/mol. The lowest BCUT2D eigenvalue weighted by Crippen LogP contribution is -2.09. The molecule has 3 rings (SSSR count). The molecule has 0 amide bonds. The van der Waals surface area contributed by atoms with Crippen LogP contribution in [0.25, 0.3) is 0 Å². The van der Waals surface area contributed by atoms with Gasteiger partial charge in [0.25, 0.3) is 0 Å². The summed E-state index contributed by atoms with van der Waals surface area (Å²) in [4.78, 5) is 0. The first-order valence-corrected chi connectivity index (χ1v) is 5.40. The molecule has 14 heavy (non-hydrogen) atoms. The Morgan fingerprint density at radius 2 is 2.07 bits per heavy atom. The maximum atomic E-state index is 2.43. The first kappa shape index (κ1) is 8.05. The quantitative estimate of drug-likeness (QED) is 0.535. The van der Waals surface area contributed by atoms with Gasteiger partial charge in [0, 0.05) is 5.92 Å². The van der Waals surface area contributed by atoms with Gasteiger partial charge in [0.05, 0.1) is 0 Å². The van der Waals surface area contributed by atoms with Crippen molar-refractivity contribution in [1.82, 2.24) is 0 Å². The molecular formula is C14H14. The molecule has 0 fully saturated rings. The molecule has 1 atom stereocenters.